The second-order valence-corrected chi connectivity index (χ2v) is 11.4. The van der Waals surface area contributed by atoms with Crippen LogP contribution in [0.15, 0.2) is 77.7 Å². The van der Waals surface area contributed by atoms with Gasteiger partial charge in [-0.15, -0.1) is 0 Å². The number of benzene rings is 3. The Morgan fingerprint density at radius 3 is 2.38 bits per heavy atom. The average Bonchev–Trinajstić information content (AvgIpc) is 2.93. The highest BCUT2D eigenvalue weighted by Crippen LogP contribution is 2.35. The van der Waals surface area contributed by atoms with Crippen LogP contribution in [0, 0.1) is 6.92 Å². The number of rotatable bonds is 12. The first kappa shape index (κ1) is 30.0. The summed E-state index contributed by atoms with van der Waals surface area (Å²) in [6.07, 6.45) is 0.738. The summed E-state index contributed by atoms with van der Waals surface area (Å²) >= 11 is 6.25. The van der Waals surface area contributed by atoms with Crippen LogP contribution in [0.5, 0.6) is 5.75 Å². The Kier molecular flexibility index (Phi) is 10.4. The number of nitrogens with one attached hydrogen (secondary N) is 1. The number of halogens is 1. The minimum Gasteiger partial charge on any atom is -0.495 e. The molecule has 0 spiro atoms. The number of methoxy groups -OCH3 is 1. The Balaban J connectivity index is 2.08. The van der Waals surface area contributed by atoms with Crippen LogP contribution in [0.4, 0.5) is 5.69 Å². The number of anilines is 1. The molecular formula is C29H34ClN3O5S. The fourth-order valence-electron chi connectivity index (χ4n) is 4.08. The Hall–Kier alpha value is -3.56. The lowest BCUT2D eigenvalue weighted by Gasteiger charge is -2.32. The van der Waals surface area contributed by atoms with Crippen LogP contribution in [-0.4, -0.2) is 51.4 Å². The van der Waals surface area contributed by atoms with Crippen LogP contribution in [0.2, 0.25) is 5.02 Å². The Bertz CT molecular complexity index is 1400. The highest BCUT2D eigenvalue weighted by Gasteiger charge is 2.33. The number of hydrogen-bond donors (Lipinski definition) is 1. The van der Waals surface area contributed by atoms with Crippen LogP contribution in [0.1, 0.15) is 31.4 Å². The van der Waals surface area contributed by atoms with Crippen molar-refractivity contribution >= 4 is 39.1 Å². The van der Waals surface area contributed by atoms with Crippen molar-refractivity contribution in [3.05, 3.63) is 88.9 Å². The molecule has 0 fully saturated rings. The molecule has 1 N–H and O–H groups in total. The van der Waals surface area contributed by atoms with Crippen molar-refractivity contribution in [2.45, 2.75) is 44.7 Å². The third kappa shape index (κ3) is 7.52. The molecule has 0 aliphatic heterocycles. The predicted octanol–water partition coefficient (Wildman–Crippen LogP) is 4.80. The number of aryl methyl sites for hydroxylation is 1. The number of ether oxygens (including phenoxy) is 1. The standard InChI is InChI=1S/C29H34ClN3O5S/c1-5-16-31-29(35)22(3)32(19-23-11-9-10-21(2)17-23)28(34)20-33(26-18-24(30)14-15-27(26)38-4)39(36,37)25-12-7-6-8-13-25/h6-15,17-18,22H,5,16,19-20H2,1-4H3,(H,31,35). The first-order chi connectivity index (χ1) is 18.6. The van der Waals surface area contributed by atoms with Crippen LogP contribution in [-0.2, 0) is 26.2 Å². The van der Waals surface area contributed by atoms with E-state index in [9.17, 15) is 18.0 Å². The largest absolute Gasteiger partial charge is 0.495 e. The number of carbonyl (C=O) groups excluding carboxylic acids is 2. The molecule has 0 aliphatic carbocycles. The van der Waals surface area contributed by atoms with Gasteiger partial charge in [0.1, 0.15) is 18.3 Å². The van der Waals surface area contributed by atoms with Gasteiger partial charge in [-0.25, -0.2) is 8.42 Å². The summed E-state index contributed by atoms with van der Waals surface area (Å²) in [6.45, 7) is 5.51. The van der Waals surface area contributed by atoms with Gasteiger partial charge >= 0.3 is 0 Å². The molecule has 0 saturated carbocycles. The second-order valence-electron chi connectivity index (χ2n) is 9.12. The maximum Gasteiger partial charge on any atom is 0.264 e. The normalized spacial score (nSPS) is 11.9. The minimum atomic E-state index is -4.23. The first-order valence-corrected chi connectivity index (χ1v) is 14.4. The third-order valence-corrected chi connectivity index (χ3v) is 8.18. The molecule has 0 aliphatic rings. The summed E-state index contributed by atoms with van der Waals surface area (Å²) in [5.41, 5.74) is 1.93. The molecule has 1 unspecified atom stereocenters. The lowest BCUT2D eigenvalue weighted by Crippen LogP contribution is -2.51. The zero-order valence-electron chi connectivity index (χ0n) is 22.6. The quantitative estimate of drug-likeness (QED) is 0.337. The Morgan fingerprint density at radius 2 is 1.74 bits per heavy atom. The van der Waals surface area contributed by atoms with Gasteiger partial charge in [-0.2, -0.15) is 0 Å². The van der Waals surface area contributed by atoms with E-state index in [0.29, 0.717) is 6.54 Å². The van der Waals surface area contributed by atoms with Gasteiger partial charge in [0.15, 0.2) is 0 Å². The van der Waals surface area contributed by atoms with Crippen LogP contribution in [0.3, 0.4) is 0 Å². The first-order valence-electron chi connectivity index (χ1n) is 12.6. The maximum absolute atomic E-state index is 14.0. The molecule has 0 radical (unpaired) electrons. The molecule has 0 heterocycles. The zero-order valence-corrected chi connectivity index (χ0v) is 24.1. The van der Waals surface area contributed by atoms with Crippen molar-refractivity contribution in [1.29, 1.82) is 0 Å². The molecule has 0 bridgehead atoms. The molecule has 3 aromatic carbocycles. The van der Waals surface area contributed by atoms with Crippen molar-refractivity contribution in [3.63, 3.8) is 0 Å². The van der Waals surface area contributed by atoms with Crippen molar-refractivity contribution in [3.8, 4) is 5.75 Å². The highest BCUT2D eigenvalue weighted by molar-refractivity contribution is 7.92. The van der Waals surface area contributed by atoms with Crippen LogP contribution >= 0.6 is 11.6 Å². The molecular weight excluding hydrogens is 538 g/mol. The van der Waals surface area contributed by atoms with Gasteiger partial charge in [0.25, 0.3) is 10.0 Å². The maximum atomic E-state index is 14.0. The molecule has 0 aromatic heterocycles. The van der Waals surface area contributed by atoms with Crippen molar-refractivity contribution in [2.24, 2.45) is 0 Å². The number of hydrogen-bond acceptors (Lipinski definition) is 5. The van der Waals surface area contributed by atoms with E-state index in [1.807, 2.05) is 38.1 Å². The summed E-state index contributed by atoms with van der Waals surface area (Å²) in [5.74, 6) is -0.654. The van der Waals surface area contributed by atoms with Crippen LogP contribution < -0.4 is 14.4 Å². The highest BCUT2D eigenvalue weighted by atomic mass is 35.5. The SMILES string of the molecule is CCCNC(=O)C(C)N(Cc1cccc(C)c1)C(=O)CN(c1cc(Cl)ccc1OC)S(=O)(=O)c1ccccc1. The van der Waals surface area contributed by atoms with E-state index in [0.717, 1.165) is 21.9 Å². The predicted molar refractivity (Wildman–Crippen MR) is 153 cm³/mol. The van der Waals surface area contributed by atoms with E-state index in [1.165, 1.54) is 30.2 Å². The molecule has 1 atom stereocenters. The average molecular weight is 572 g/mol. The fraction of sp³-hybridized carbons (Fsp3) is 0.310. The molecule has 39 heavy (non-hydrogen) atoms. The molecule has 8 nitrogen and oxygen atoms in total. The molecule has 208 valence electrons. The van der Waals surface area contributed by atoms with Gasteiger partial charge in [0.05, 0.1) is 17.7 Å². The number of amides is 2. The van der Waals surface area contributed by atoms with Gasteiger partial charge in [0, 0.05) is 18.1 Å². The summed E-state index contributed by atoms with van der Waals surface area (Å²) in [4.78, 5) is 28.3. The third-order valence-electron chi connectivity index (χ3n) is 6.17. The summed E-state index contributed by atoms with van der Waals surface area (Å²) in [5, 5.41) is 3.10. The molecule has 2 amide bonds. The number of carbonyl (C=O) groups is 2. The summed E-state index contributed by atoms with van der Waals surface area (Å²) < 4.78 is 34.2. The van der Waals surface area contributed by atoms with Crippen LogP contribution in [0.25, 0.3) is 0 Å². The minimum absolute atomic E-state index is 0.00111. The zero-order chi connectivity index (χ0) is 28.6. The summed E-state index contributed by atoms with van der Waals surface area (Å²) in [6, 6.07) is 19.1. The van der Waals surface area contributed by atoms with E-state index in [-0.39, 0.29) is 33.8 Å². The van der Waals surface area contributed by atoms with Gasteiger partial charge in [0.2, 0.25) is 11.8 Å². The van der Waals surface area contributed by atoms with Gasteiger partial charge in [-0.05, 0) is 56.2 Å². The number of sulfonamides is 1. The Labute approximate surface area is 235 Å². The lowest BCUT2D eigenvalue weighted by molar-refractivity contribution is -0.139. The van der Waals surface area contributed by atoms with Gasteiger partial charge in [-0.1, -0.05) is 66.6 Å². The lowest BCUT2D eigenvalue weighted by atomic mass is 10.1. The monoisotopic (exact) mass is 571 g/mol. The molecule has 0 saturated heterocycles. The number of nitrogens with zero attached hydrogens (tertiary/aromatic N) is 2. The topological polar surface area (TPSA) is 96.0 Å². The van der Waals surface area contributed by atoms with Gasteiger partial charge < -0.3 is 15.0 Å². The summed E-state index contributed by atoms with van der Waals surface area (Å²) in [7, 11) is -2.82. The van der Waals surface area contributed by atoms with Crippen molar-refractivity contribution < 1.29 is 22.7 Å². The second kappa shape index (κ2) is 13.5. The van der Waals surface area contributed by atoms with E-state index in [4.69, 9.17) is 16.3 Å². The van der Waals surface area contributed by atoms with E-state index in [2.05, 4.69) is 5.32 Å². The van der Waals surface area contributed by atoms with Crippen molar-refractivity contribution in [2.75, 3.05) is 24.5 Å². The molecule has 3 rings (SSSR count). The van der Waals surface area contributed by atoms with E-state index < -0.39 is 28.5 Å². The molecule has 3 aromatic rings. The molecule has 10 heteroatoms. The van der Waals surface area contributed by atoms with E-state index >= 15 is 0 Å². The Morgan fingerprint density at radius 1 is 1.03 bits per heavy atom. The van der Waals surface area contributed by atoms with E-state index in [1.54, 1.807) is 37.3 Å². The van der Waals surface area contributed by atoms with Gasteiger partial charge in [-0.3, -0.25) is 13.9 Å². The smallest absolute Gasteiger partial charge is 0.264 e. The van der Waals surface area contributed by atoms with Crippen molar-refractivity contribution in [1.82, 2.24) is 10.2 Å². The fourth-order valence-corrected chi connectivity index (χ4v) is 5.68.